The lowest BCUT2D eigenvalue weighted by molar-refractivity contribution is -0.140. The number of methoxy groups -OCH3 is 1. The molecule has 0 amide bonds. The molecule has 1 fully saturated rings. The predicted molar refractivity (Wildman–Crippen MR) is 86.1 cm³/mol. The summed E-state index contributed by atoms with van der Waals surface area (Å²) in [5.41, 5.74) is 0. The Bertz CT molecular complexity index is 467. The second kappa shape index (κ2) is 7.87. The number of rotatable bonds is 4. The van der Waals surface area contributed by atoms with Gasteiger partial charge >= 0.3 is 5.97 Å². The van der Waals surface area contributed by atoms with E-state index in [9.17, 15) is 4.79 Å². The van der Waals surface area contributed by atoms with E-state index in [0.717, 1.165) is 32.1 Å². The van der Waals surface area contributed by atoms with Gasteiger partial charge in [0.15, 0.2) is 5.96 Å². The summed E-state index contributed by atoms with van der Waals surface area (Å²) in [5.74, 6) is 0.644. The molecule has 0 spiro atoms. The number of guanidine groups is 1. The predicted octanol–water partition coefficient (Wildman–Crippen LogP) is 1.01. The number of carbonyl (C=O) groups excluding carboxylic acids is 1. The lowest BCUT2D eigenvalue weighted by Crippen LogP contribution is -2.52. The number of ether oxygens (including phenoxy) is 1. The summed E-state index contributed by atoms with van der Waals surface area (Å²) in [7, 11) is 3.17. The Hall–Kier alpha value is -1.76. The molecule has 1 aliphatic rings. The zero-order valence-electron chi connectivity index (χ0n) is 12.5. The zero-order chi connectivity index (χ0) is 15.1. The molecule has 0 radical (unpaired) electrons. The highest BCUT2D eigenvalue weighted by Gasteiger charge is 2.20. The van der Waals surface area contributed by atoms with E-state index >= 15 is 0 Å². The monoisotopic (exact) mass is 310 g/mol. The minimum Gasteiger partial charge on any atom is -0.469 e. The summed E-state index contributed by atoms with van der Waals surface area (Å²) in [6.07, 6.45) is 0.352. The van der Waals surface area contributed by atoms with Gasteiger partial charge in [-0.05, 0) is 17.5 Å². The van der Waals surface area contributed by atoms with Crippen molar-refractivity contribution in [2.75, 3.05) is 51.8 Å². The van der Waals surface area contributed by atoms with Crippen LogP contribution in [0.3, 0.4) is 0 Å². The van der Waals surface area contributed by atoms with Crippen LogP contribution in [-0.4, -0.2) is 63.7 Å². The minimum absolute atomic E-state index is 0.208. The van der Waals surface area contributed by atoms with Crippen LogP contribution in [0.15, 0.2) is 22.5 Å². The number of piperazine rings is 1. The highest BCUT2D eigenvalue weighted by Crippen LogP contribution is 2.22. The maximum absolute atomic E-state index is 11.1. The molecule has 0 aliphatic carbocycles. The third-order valence-corrected chi connectivity index (χ3v) is 4.38. The molecule has 21 heavy (non-hydrogen) atoms. The van der Waals surface area contributed by atoms with Crippen LogP contribution in [0.1, 0.15) is 6.42 Å². The quantitative estimate of drug-likeness (QED) is 0.511. The van der Waals surface area contributed by atoms with Crippen molar-refractivity contribution >= 4 is 28.3 Å². The first kappa shape index (κ1) is 15.6. The molecule has 116 valence electrons. The fourth-order valence-electron chi connectivity index (χ4n) is 2.30. The number of anilines is 1. The Labute approximate surface area is 129 Å². The standard InChI is InChI=1S/C14H22N4O2S/c1-15-14(16-6-5-13(19)20-2)18-9-7-17(8-10-18)12-4-3-11-21-12/h3-4,11H,5-10H2,1-2H3,(H,15,16). The first-order chi connectivity index (χ1) is 10.2. The van der Waals surface area contributed by atoms with Crippen LogP contribution in [0, 0.1) is 0 Å². The second-order valence-electron chi connectivity index (χ2n) is 4.73. The number of carbonyl (C=O) groups is 1. The Morgan fingerprint density at radius 3 is 2.76 bits per heavy atom. The lowest BCUT2D eigenvalue weighted by Gasteiger charge is -2.37. The van der Waals surface area contributed by atoms with Crippen molar-refractivity contribution < 1.29 is 9.53 Å². The maximum Gasteiger partial charge on any atom is 0.307 e. The summed E-state index contributed by atoms with van der Waals surface area (Å²) in [4.78, 5) is 20.0. The van der Waals surface area contributed by atoms with E-state index in [1.807, 2.05) is 0 Å². The molecule has 0 bridgehead atoms. The van der Waals surface area contributed by atoms with Crippen LogP contribution in [0.2, 0.25) is 0 Å². The Kier molecular flexibility index (Phi) is 5.86. The maximum atomic E-state index is 11.1. The van der Waals surface area contributed by atoms with Gasteiger partial charge in [0.2, 0.25) is 0 Å². The van der Waals surface area contributed by atoms with Gasteiger partial charge in [-0.1, -0.05) is 0 Å². The van der Waals surface area contributed by atoms with Gasteiger partial charge in [0.25, 0.3) is 0 Å². The SMILES string of the molecule is CN=C(NCCC(=O)OC)N1CCN(c2cccs2)CC1. The van der Waals surface area contributed by atoms with E-state index in [4.69, 9.17) is 0 Å². The Balaban J connectivity index is 1.78. The van der Waals surface area contributed by atoms with E-state index in [0.29, 0.717) is 13.0 Å². The molecule has 0 saturated carbocycles. The number of nitrogens with zero attached hydrogens (tertiary/aromatic N) is 3. The third kappa shape index (κ3) is 4.35. The van der Waals surface area contributed by atoms with Gasteiger partial charge in [0, 0.05) is 39.8 Å². The van der Waals surface area contributed by atoms with Crippen LogP contribution in [-0.2, 0) is 9.53 Å². The van der Waals surface area contributed by atoms with Crippen LogP contribution >= 0.6 is 11.3 Å². The molecule has 0 unspecified atom stereocenters. The van der Waals surface area contributed by atoms with E-state index in [1.54, 1.807) is 18.4 Å². The van der Waals surface area contributed by atoms with Crippen LogP contribution in [0.25, 0.3) is 0 Å². The van der Waals surface area contributed by atoms with Crippen LogP contribution < -0.4 is 10.2 Å². The molecular formula is C14H22N4O2S. The number of thiophene rings is 1. The first-order valence-corrected chi connectivity index (χ1v) is 7.93. The van der Waals surface area contributed by atoms with E-state index in [-0.39, 0.29) is 5.97 Å². The normalized spacial score (nSPS) is 16.0. The minimum atomic E-state index is -0.208. The number of aliphatic imine (C=N–C) groups is 1. The summed E-state index contributed by atoms with van der Waals surface area (Å²) in [5, 5.41) is 6.64. The molecule has 1 aromatic rings. The Morgan fingerprint density at radius 2 is 2.19 bits per heavy atom. The van der Waals surface area contributed by atoms with E-state index in [1.165, 1.54) is 12.1 Å². The zero-order valence-corrected chi connectivity index (χ0v) is 13.4. The number of hydrogen-bond acceptors (Lipinski definition) is 5. The average Bonchev–Trinajstić information content (AvgIpc) is 3.06. The number of esters is 1. The van der Waals surface area contributed by atoms with Gasteiger partial charge in [-0.15, -0.1) is 11.3 Å². The van der Waals surface area contributed by atoms with Gasteiger partial charge in [0.05, 0.1) is 18.5 Å². The van der Waals surface area contributed by atoms with E-state index in [2.05, 4.69) is 42.4 Å². The van der Waals surface area contributed by atoms with Gasteiger partial charge in [-0.25, -0.2) is 0 Å². The second-order valence-corrected chi connectivity index (χ2v) is 5.65. The molecule has 1 saturated heterocycles. The fourth-order valence-corrected chi connectivity index (χ4v) is 3.08. The topological polar surface area (TPSA) is 57.2 Å². The fraction of sp³-hybridized carbons (Fsp3) is 0.571. The first-order valence-electron chi connectivity index (χ1n) is 7.05. The van der Waals surface area contributed by atoms with Gasteiger partial charge in [-0.3, -0.25) is 9.79 Å². The van der Waals surface area contributed by atoms with Gasteiger partial charge < -0.3 is 19.9 Å². The summed E-state index contributed by atoms with van der Waals surface area (Å²) < 4.78 is 4.63. The van der Waals surface area contributed by atoms with Crippen molar-refractivity contribution in [3.05, 3.63) is 17.5 Å². The van der Waals surface area contributed by atoms with Crippen LogP contribution in [0.4, 0.5) is 5.00 Å². The Morgan fingerprint density at radius 1 is 1.43 bits per heavy atom. The smallest absolute Gasteiger partial charge is 0.307 e. The molecule has 0 atom stereocenters. The van der Waals surface area contributed by atoms with Crippen molar-refractivity contribution in [2.45, 2.75) is 6.42 Å². The molecule has 1 aromatic heterocycles. The van der Waals surface area contributed by atoms with Crippen molar-refractivity contribution in [3.8, 4) is 0 Å². The molecule has 6 nitrogen and oxygen atoms in total. The average molecular weight is 310 g/mol. The van der Waals surface area contributed by atoms with Crippen LogP contribution in [0.5, 0.6) is 0 Å². The lowest BCUT2D eigenvalue weighted by atomic mass is 10.3. The highest BCUT2D eigenvalue weighted by atomic mass is 32.1. The molecule has 7 heteroatoms. The summed E-state index contributed by atoms with van der Waals surface area (Å²) >= 11 is 1.77. The molecule has 2 rings (SSSR count). The number of nitrogens with one attached hydrogen (secondary N) is 1. The van der Waals surface area contributed by atoms with E-state index < -0.39 is 0 Å². The molecular weight excluding hydrogens is 288 g/mol. The molecule has 2 heterocycles. The molecule has 1 N–H and O–H groups in total. The number of hydrogen-bond donors (Lipinski definition) is 1. The largest absolute Gasteiger partial charge is 0.469 e. The molecule has 0 aromatic carbocycles. The highest BCUT2D eigenvalue weighted by molar-refractivity contribution is 7.14. The molecule has 1 aliphatic heterocycles. The summed E-state index contributed by atoms with van der Waals surface area (Å²) in [6, 6.07) is 4.24. The van der Waals surface area contributed by atoms with Gasteiger partial charge in [-0.2, -0.15) is 0 Å². The van der Waals surface area contributed by atoms with Crippen molar-refractivity contribution in [1.29, 1.82) is 0 Å². The third-order valence-electron chi connectivity index (χ3n) is 3.45. The summed E-state index contributed by atoms with van der Waals surface area (Å²) in [6.45, 7) is 4.37. The van der Waals surface area contributed by atoms with Crippen molar-refractivity contribution in [2.24, 2.45) is 4.99 Å². The van der Waals surface area contributed by atoms with Crippen molar-refractivity contribution in [1.82, 2.24) is 10.2 Å². The van der Waals surface area contributed by atoms with Crippen molar-refractivity contribution in [3.63, 3.8) is 0 Å². The van der Waals surface area contributed by atoms with Gasteiger partial charge in [0.1, 0.15) is 0 Å².